The highest BCUT2D eigenvalue weighted by Gasteiger charge is 2.22. The number of thioether (sulfide) groups is 1. The first-order valence-electron chi connectivity index (χ1n) is 8.77. The third-order valence-corrected chi connectivity index (χ3v) is 6.72. The third kappa shape index (κ3) is 5.17. The maximum Gasteiger partial charge on any atom is 0.288 e. The third-order valence-electron chi connectivity index (χ3n) is 4.21. The highest BCUT2D eigenvalue weighted by molar-refractivity contribution is 7.99. The lowest BCUT2D eigenvalue weighted by molar-refractivity contribution is 0.102. The molecule has 0 fully saturated rings. The molecule has 0 saturated carbocycles. The maximum absolute atomic E-state index is 12.9. The first-order chi connectivity index (χ1) is 14.3. The van der Waals surface area contributed by atoms with E-state index in [4.69, 9.17) is 0 Å². The first kappa shape index (κ1) is 21.8. The monoisotopic (exact) mass is 448 g/mol. The molecule has 1 amide bonds. The van der Waals surface area contributed by atoms with E-state index in [9.17, 15) is 22.0 Å². The molecule has 0 unspecified atom stereocenters. The molecule has 1 N–H and O–H groups in total. The van der Waals surface area contributed by atoms with Crippen LogP contribution in [0.2, 0.25) is 0 Å². The summed E-state index contributed by atoms with van der Waals surface area (Å²) < 4.78 is 51.8. The van der Waals surface area contributed by atoms with Crippen LogP contribution in [0.15, 0.2) is 88.7 Å². The molecule has 0 radical (unpaired) electrons. The van der Waals surface area contributed by atoms with E-state index in [2.05, 4.69) is 5.32 Å². The van der Waals surface area contributed by atoms with Crippen molar-refractivity contribution in [1.29, 1.82) is 0 Å². The molecule has 0 aromatic heterocycles. The van der Waals surface area contributed by atoms with Gasteiger partial charge in [-0.15, -0.1) is 0 Å². The van der Waals surface area contributed by atoms with E-state index >= 15 is 0 Å². The highest BCUT2D eigenvalue weighted by atomic mass is 32.2. The van der Waals surface area contributed by atoms with Crippen LogP contribution in [0, 0.1) is 0 Å². The number of rotatable bonds is 7. The normalized spacial score (nSPS) is 11.3. The van der Waals surface area contributed by atoms with Crippen molar-refractivity contribution >= 4 is 39.1 Å². The Bertz CT molecular complexity index is 1120. The topological polar surface area (TPSA) is 66.5 Å². The van der Waals surface area contributed by atoms with E-state index in [1.165, 1.54) is 55.6 Å². The molecule has 0 saturated heterocycles. The minimum Gasteiger partial charge on any atom is -0.322 e. The second-order valence-electron chi connectivity index (χ2n) is 6.19. The van der Waals surface area contributed by atoms with Crippen LogP contribution in [-0.4, -0.2) is 27.1 Å². The average Bonchev–Trinajstić information content (AvgIpc) is 2.75. The predicted octanol–water partition coefficient (Wildman–Crippen LogP) is 5.08. The summed E-state index contributed by atoms with van der Waals surface area (Å²) in [6, 6.07) is 20.3. The number of carbonyl (C=O) groups is 1. The molecule has 0 aliphatic carbocycles. The predicted molar refractivity (Wildman–Crippen MR) is 115 cm³/mol. The number of anilines is 2. The second-order valence-corrected chi connectivity index (χ2v) is 9.23. The maximum atomic E-state index is 12.9. The van der Waals surface area contributed by atoms with Crippen molar-refractivity contribution in [3.63, 3.8) is 0 Å². The van der Waals surface area contributed by atoms with Crippen LogP contribution < -0.4 is 9.62 Å². The quantitative estimate of drug-likeness (QED) is 0.512. The lowest BCUT2D eigenvalue weighted by Gasteiger charge is -2.19. The Labute approximate surface area is 177 Å². The molecule has 3 rings (SSSR count). The summed E-state index contributed by atoms with van der Waals surface area (Å²) in [5, 5.41) is 2.63. The number of hydrogen-bond donors (Lipinski definition) is 1. The number of nitrogens with zero attached hydrogens (tertiary/aromatic N) is 1. The first-order valence-corrected chi connectivity index (χ1v) is 11.1. The standard InChI is InChI=1S/C21H18F2N2O3S2/c1-25(17-7-3-2-4-8-17)30(27,28)19-9-5-6-15(14-19)20(26)24-16-10-12-18(13-11-16)29-21(22)23/h2-14,21H,1H3,(H,24,26). The minimum atomic E-state index is -3.86. The zero-order valence-corrected chi connectivity index (χ0v) is 17.5. The van der Waals surface area contributed by atoms with Crippen molar-refractivity contribution in [2.75, 3.05) is 16.7 Å². The van der Waals surface area contributed by atoms with E-state index in [0.717, 1.165) is 4.31 Å². The number of para-hydroxylation sites is 1. The van der Waals surface area contributed by atoms with Gasteiger partial charge in [0.05, 0.1) is 10.6 Å². The Morgan fingerprint density at radius 3 is 2.27 bits per heavy atom. The van der Waals surface area contributed by atoms with Gasteiger partial charge < -0.3 is 5.32 Å². The van der Waals surface area contributed by atoms with Gasteiger partial charge in [0.15, 0.2) is 0 Å². The number of sulfonamides is 1. The zero-order chi connectivity index (χ0) is 21.7. The average molecular weight is 449 g/mol. The van der Waals surface area contributed by atoms with Crippen LogP contribution in [0.3, 0.4) is 0 Å². The van der Waals surface area contributed by atoms with Crippen LogP contribution in [0.5, 0.6) is 0 Å². The fourth-order valence-corrected chi connectivity index (χ4v) is 4.40. The summed E-state index contributed by atoms with van der Waals surface area (Å²) in [4.78, 5) is 12.9. The smallest absolute Gasteiger partial charge is 0.288 e. The molecular weight excluding hydrogens is 430 g/mol. The van der Waals surface area contributed by atoms with E-state index in [1.807, 2.05) is 0 Å². The van der Waals surface area contributed by atoms with Gasteiger partial charge in [0.25, 0.3) is 21.7 Å². The Morgan fingerprint density at radius 2 is 1.63 bits per heavy atom. The Hall–Kier alpha value is -2.91. The van der Waals surface area contributed by atoms with E-state index < -0.39 is 21.7 Å². The number of hydrogen-bond acceptors (Lipinski definition) is 4. The Balaban J connectivity index is 1.78. The molecule has 0 aliphatic rings. The molecule has 0 aliphatic heterocycles. The summed E-state index contributed by atoms with van der Waals surface area (Å²) in [5.74, 6) is -3.03. The van der Waals surface area contributed by atoms with Crippen LogP contribution in [0.4, 0.5) is 20.2 Å². The van der Waals surface area contributed by atoms with Gasteiger partial charge >= 0.3 is 0 Å². The van der Waals surface area contributed by atoms with Gasteiger partial charge in [-0.2, -0.15) is 8.78 Å². The summed E-state index contributed by atoms with van der Waals surface area (Å²) in [5.41, 5.74) is 1.06. The van der Waals surface area contributed by atoms with Gasteiger partial charge in [-0.05, 0) is 54.6 Å². The van der Waals surface area contributed by atoms with Gasteiger partial charge in [-0.1, -0.05) is 36.0 Å². The van der Waals surface area contributed by atoms with Crippen molar-refractivity contribution in [2.45, 2.75) is 15.5 Å². The van der Waals surface area contributed by atoms with Gasteiger partial charge in [0, 0.05) is 23.2 Å². The van der Waals surface area contributed by atoms with Crippen molar-refractivity contribution in [3.8, 4) is 0 Å². The molecule has 156 valence electrons. The number of nitrogens with one attached hydrogen (secondary N) is 1. The molecular formula is C21H18F2N2O3S2. The van der Waals surface area contributed by atoms with Crippen LogP contribution >= 0.6 is 11.8 Å². The van der Waals surface area contributed by atoms with Crippen molar-refractivity contribution < 1.29 is 22.0 Å². The largest absolute Gasteiger partial charge is 0.322 e. The van der Waals surface area contributed by atoms with Gasteiger partial charge in [-0.25, -0.2) is 8.42 Å². The molecule has 0 heterocycles. The molecule has 0 atom stereocenters. The minimum absolute atomic E-state index is 0.0230. The number of halogens is 2. The lowest BCUT2D eigenvalue weighted by atomic mass is 10.2. The molecule has 0 bridgehead atoms. The molecule has 3 aromatic rings. The SMILES string of the molecule is CN(c1ccccc1)S(=O)(=O)c1cccc(C(=O)Nc2ccc(SC(F)F)cc2)c1. The van der Waals surface area contributed by atoms with E-state index in [0.29, 0.717) is 28.0 Å². The summed E-state index contributed by atoms with van der Waals surface area (Å²) in [7, 11) is -2.42. The highest BCUT2D eigenvalue weighted by Crippen LogP contribution is 2.26. The van der Waals surface area contributed by atoms with Crippen molar-refractivity contribution in [1.82, 2.24) is 0 Å². The number of alkyl halides is 2. The van der Waals surface area contributed by atoms with E-state index in [-0.39, 0.29) is 10.5 Å². The number of carbonyl (C=O) groups excluding carboxylic acids is 1. The van der Waals surface area contributed by atoms with E-state index in [1.54, 1.807) is 30.3 Å². The van der Waals surface area contributed by atoms with Crippen molar-refractivity contribution in [3.05, 3.63) is 84.4 Å². The fourth-order valence-electron chi connectivity index (χ4n) is 2.66. The molecule has 30 heavy (non-hydrogen) atoms. The Kier molecular flexibility index (Phi) is 6.73. The summed E-state index contributed by atoms with van der Waals surface area (Å²) >= 11 is 0.411. The van der Waals surface area contributed by atoms with Crippen LogP contribution in [0.1, 0.15) is 10.4 Å². The Morgan fingerprint density at radius 1 is 0.967 bits per heavy atom. The lowest BCUT2D eigenvalue weighted by Crippen LogP contribution is -2.26. The fraction of sp³-hybridized carbons (Fsp3) is 0.0952. The number of amides is 1. The second kappa shape index (κ2) is 9.27. The van der Waals surface area contributed by atoms with Gasteiger partial charge in [-0.3, -0.25) is 9.10 Å². The molecule has 9 heteroatoms. The molecule has 5 nitrogen and oxygen atoms in total. The molecule has 0 spiro atoms. The summed E-state index contributed by atoms with van der Waals surface area (Å²) in [6.45, 7) is 0. The number of benzene rings is 3. The van der Waals surface area contributed by atoms with Crippen LogP contribution in [0.25, 0.3) is 0 Å². The van der Waals surface area contributed by atoms with Crippen molar-refractivity contribution in [2.24, 2.45) is 0 Å². The molecule has 3 aromatic carbocycles. The van der Waals surface area contributed by atoms with Gasteiger partial charge in [0.2, 0.25) is 0 Å². The zero-order valence-electron chi connectivity index (χ0n) is 15.8. The van der Waals surface area contributed by atoms with Crippen LogP contribution in [-0.2, 0) is 10.0 Å². The summed E-state index contributed by atoms with van der Waals surface area (Å²) in [6.07, 6.45) is 0. The van der Waals surface area contributed by atoms with Gasteiger partial charge in [0.1, 0.15) is 0 Å².